The summed E-state index contributed by atoms with van der Waals surface area (Å²) in [6, 6.07) is 2.23. The molecule has 7 atom stereocenters. The van der Waals surface area contributed by atoms with Gasteiger partial charge in [0.25, 0.3) is 0 Å². The number of amides is 1. The number of nitriles is 1. The minimum Gasteiger partial charge on any atom is -0.446 e. The number of ketones is 2. The van der Waals surface area contributed by atoms with Crippen molar-refractivity contribution in [3.63, 3.8) is 0 Å². The zero-order valence-electron chi connectivity index (χ0n) is 24.8. The number of carbonyl (C=O) groups is 3. The van der Waals surface area contributed by atoms with Gasteiger partial charge >= 0.3 is 6.09 Å². The summed E-state index contributed by atoms with van der Waals surface area (Å²) in [7, 11) is 0. The summed E-state index contributed by atoms with van der Waals surface area (Å²) in [4.78, 5) is 40.9. The standard InChI is InChI=1S/C34H44N2O4/c1-29(2)10-14-34(36-28(39)40-21-6-7-21)15-11-32(5)26(22(34)18-29)23(37)16-25-30(3)17-20(19-35)27(38)33(12-13-33)24(30)8-9-31(25,32)4/h16-17,21-22,24,26H,6-15,18H2,1-5H3,(H,36,39)/t22-,24+,26-,30-,31+,32+,34-/m0/s1. The number of nitrogens with one attached hydrogen (secondary N) is 1. The van der Waals surface area contributed by atoms with Crippen LogP contribution in [-0.4, -0.2) is 29.3 Å². The van der Waals surface area contributed by atoms with Gasteiger partial charge in [0, 0.05) is 22.3 Å². The molecule has 0 aliphatic heterocycles. The molecule has 6 heteroatoms. The molecule has 7 aliphatic rings. The van der Waals surface area contributed by atoms with Crippen LogP contribution < -0.4 is 5.32 Å². The van der Waals surface area contributed by atoms with Gasteiger partial charge in [-0.25, -0.2) is 4.79 Å². The Morgan fingerprint density at radius 3 is 2.33 bits per heavy atom. The largest absolute Gasteiger partial charge is 0.446 e. The zero-order valence-corrected chi connectivity index (χ0v) is 24.8. The molecule has 0 bridgehead atoms. The Balaban J connectivity index is 1.33. The summed E-state index contributed by atoms with van der Waals surface area (Å²) in [5.41, 5.74) is -0.288. The second-order valence-corrected chi connectivity index (χ2v) is 16.1. The highest BCUT2D eigenvalue weighted by Gasteiger charge is 2.72. The molecule has 0 aromatic heterocycles. The predicted octanol–water partition coefficient (Wildman–Crippen LogP) is 6.60. The molecule has 0 aromatic carbocycles. The molecule has 0 saturated heterocycles. The lowest BCUT2D eigenvalue weighted by molar-refractivity contribution is -0.159. The molecule has 7 aliphatic carbocycles. The summed E-state index contributed by atoms with van der Waals surface area (Å²) in [5, 5.41) is 13.3. The van der Waals surface area contributed by atoms with Gasteiger partial charge in [0.1, 0.15) is 12.2 Å². The lowest BCUT2D eigenvalue weighted by Gasteiger charge is -2.68. The number of hydrogen-bond acceptors (Lipinski definition) is 5. The first-order valence-electron chi connectivity index (χ1n) is 15.7. The molecule has 1 N–H and O–H groups in total. The summed E-state index contributed by atoms with van der Waals surface area (Å²) >= 11 is 0. The molecule has 0 unspecified atom stereocenters. The lowest BCUT2D eigenvalue weighted by atomic mass is 9.35. The SMILES string of the molecule is CC1(C)CC[C@]2(NC(=O)OC3CC3)CC[C@]3(C)[C@H](C(=O)C=C4[C@@]5(C)C=C(C#N)C(=O)C6(CC6)[C@@H]5CC[C@]43C)[C@@H]2C1. The average Bonchev–Trinajstić information content (AvgIpc) is 3.81. The van der Waals surface area contributed by atoms with Crippen LogP contribution in [0.15, 0.2) is 23.3 Å². The lowest BCUT2D eigenvalue weighted by Crippen LogP contribution is -2.69. The van der Waals surface area contributed by atoms with Gasteiger partial charge in [0.2, 0.25) is 0 Å². The first kappa shape index (κ1) is 26.5. The second kappa shape index (κ2) is 7.90. The molecule has 5 saturated carbocycles. The number of hydrogen-bond donors (Lipinski definition) is 1. The molecule has 0 heterocycles. The van der Waals surface area contributed by atoms with Crippen LogP contribution in [0.4, 0.5) is 4.79 Å². The topological polar surface area (TPSA) is 96.3 Å². The third-order valence-electron chi connectivity index (χ3n) is 13.5. The van der Waals surface area contributed by atoms with Crippen molar-refractivity contribution in [2.75, 3.05) is 0 Å². The maximum absolute atomic E-state index is 14.5. The van der Waals surface area contributed by atoms with Gasteiger partial charge in [0.05, 0.1) is 5.57 Å². The number of carbonyl (C=O) groups excluding carboxylic acids is 3. The summed E-state index contributed by atoms with van der Waals surface area (Å²) in [5.74, 6) is 0.211. The summed E-state index contributed by atoms with van der Waals surface area (Å²) in [6.07, 6.45) is 13.6. The van der Waals surface area contributed by atoms with E-state index in [1.54, 1.807) is 0 Å². The molecule has 214 valence electrons. The highest BCUT2D eigenvalue weighted by atomic mass is 16.6. The van der Waals surface area contributed by atoms with E-state index >= 15 is 0 Å². The van der Waals surface area contributed by atoms with E-state index in [-0.39, 0.29) is 63.3 Å². The fourth-order valence-corrected chi connectivity index (χ4v) is 10.8. The van der Waals surface area contributed by atoms with Gasteiger partial charge in [-0.2, -0.15) is 5.26 Å². The van der Waals surface area contributed by atoms with Crippen LogP contribution in [0.5, 0.6) is 0 Å². The van der Waals surface area contributed by atoms with E-state index in [4.69, 9.17) is 4.74 Å². The van der Waals surface area contributed by atoms with Crippen molar-refractivity contribution in [1.29, 1.82) is 5.26 Å². The normalized spacial score (nSPS) is 46.0. The monoisotopic (exact) mass is 544 g/mol. The van der Waals surface area contributed by atoms with Crippen LogP contribution in [-0.2, 0) is 14.3 Å². The maximum Gasteiger partial charge on any atom is 0.407 e. The second-order valence-electron chi connectivity index (χ2n) is 16.1. The summed E-state index contributed by atoms with van der Waals surface area (Å²) < 4.78 is 5.67. The highest BCUT2D eigenvalue weighted by molar-refractivity contribution is 6.06. The van der Waals surface area contributed by atoms with Crippen molar-refractivity contribution in [2.24, 2.45) is 44.8 Å². The third kappa shape index (κ3) is 3.30. The number of Topliss-reactive ketones (excluding diaryl/α,β-unsaturated/α-hetero) is 1. The van der Waals surface area contributed by atoms with E-state index < -0.39 is 16.4 Å². The first-order chi connectivity index (χ1) is 18.7. The Hall–Kier alpha value is -2.42. The van der Waals surface area contributed by atoms with Crippen molar-refractivity contribution < 1.29 is 19.1 Å². The van der Waals surface area contributed by atoms with Crippen molar-refractivity contribution in [1.82, 2.24) is 5.32 Å². The average molecular weight is 545 g/mol. The fourth-order valence-electron chi connectivity index (χ4n) is 10.8. The number of allylic oxidation sites excluding steroid dienone is 4. The fraction of sp³-hybridized carbons (Fsp3) is 0.765. The Morgan fingerprint density at radius 1 is 0.975 bits per heavy atom. The van der Waals surface area contributed by atoms with Gasteiger partial charge in [-0.15, -0.1) is 0 Å². The Morgan fingerprint density at radius 2 is 1.68 bits per heavy atom. The quantitative estimate of drug-likeness (QED) is 0.422. The molecule has 6 nitrogen and oxygen atoms in total. The molecular formula is C34H44N2O4. The van der Waals surface area contributed by atoms with Crippen molar-refractivity contribution in [2.45, 2.75) is 117 Å². The Labute approximate surface area is 238 Å². The molecule has 1 spiro atoms. The molecule has 0 aromatic rings. The van der Waals surface area contributed by atoms with Gasteiger partial charge < -0.3 is 10.1 Å². The van der Waals surface area contributed by atoms with E-state index in [1.807, 2.05) is 12.2 Å². The number of alkyl carbamates (subject to hydrolysis) is 1. The van der Waals surface area contributed by atoms with Gasteiger partial charge in [-0.3, -0.25) is 9.59 Å². The van der Waals surface area contributed by atoms with Crippen LogP contribution in [0, 0.1) is 56.2 Å². The predicted molar refractivity (Wildman–Crippen MR) is 150 cm³/mol. The molecule has 7 rings (SSSR count). The highest BCUT2D eigenvalue weighted by Crippen LogP contribution is 2.76. The molecule has 1 amide bonds. The van der Waals surface area contributed by atoms with Crippen molar-refractivity contribution in [3.05, 3.63) is 23.3 Å². The van der Waals surface area contributed by atoms with E-state index in [1.165, 1.54) is 0 Å². The number of nitrogens with zero attached hydrogens (tertiary/aromatic N) is 1. The van der Waals surface area contributed by atoms with E-state index in [0.717, 1.165) is 76.2 Å². The van der Waals surface area contributed by atoms with Crippen LogP contribution in [0.3, 0.4) is 0 Å². The number of fused-ring (bicyclic) bond motifs is 8. The van der Waals surface area contributed by atoms with Gasteiger partial charge in [0.15, 0.2) is 11.6 Å². The zero-order chi connectivity index (χ0) is 28.5. The van der Waals surface area contributed by atoms with Crippen LogP contribution in [0.25, 0.3) is 0 Å². The van der Waals surface area contributed by atoms with Crippen LogP contribution in [0.1, 0.15) is 105 Å². The molecule has 5 fully saturated rings. The Kier molecular flexibility index (Phi) is 5.23. The van der Waals surface area contributed by atoms with Crippen LogP contribution in [0.2, 0.25) is 0 Å². The van der Waals surface area contributed by atoms with E-state index in [9.17, 15) is 19.6 Å². The third-order valence-corrected chi connectivity index (χ3v) is 13.5. The smallest absolute Gasteiger partial charge is 0.407 e. The van der Waals surface area contributed by atoms with Gasteiger partial charge in [-0.05, 0) is 105 Å². The molecule has 0 radical (unpaired) electrons. The minimum atomic E-state index is -0.473. The number of rotatable bonds is 2. The number of ether oxygens (including phenoxy) is 1. The van der Waals surface area contributed by atoms with E-state index in [2.05, 4.69) is 46.0 Å². The molecule has 40 heavy (non-hydrogen) atoms. The Bertz CT molecular complexity index is 1330. The maximum atomic E-state index is 14.5. The van der Waals surface area contributed by atoms with Crippen molar-refractivity contribution in [3.8, 4) is 6.07 Å². The van der Waals surface area contributed by atoms with Crippen LogP contribution >= 0.6 is 0 Å². The summed E-state index contributed by atoms with van der Waals surface area (Å²) in [6.45, 7) is 11.5. The van der Waals surface area contributed by atoms with Crippen molar-refractivity contribution >= 4 is 17.7 Å². The van der Waals surface area contributed by atoms with E-state index in [0.29, 0.717) is 0 Å². The molecular weight excluding hydrogens is 500 g/mol. The first-order valence-corrected chi connectivity index (χ1v) is 15.7. The van der Waals surface area contributed by atoms with Gasteiger partial charge in [-0.1, -0.05) is 46.3 Å². The minimum absolute atomic E-state index is 0.0314.